The lowest BCUT2D eigenvalue weighted by Gasteiger charge is -2.37. The van der Waals surface area contributed by atoms with Crippen molar-refractivity contribution in [2.45, 2.75) is 32.4 Å². The van der Waals surface area contributed by atoms with E-state index in [4.69, 9.17) is 9.47 Å². The molecule has 4 rings (SSSR count). The normalized spacial score (nSPS) is 13.6. The average molecular weight is 502 g/mol. The Balaban J connectivity index is 1.52. The van der Waals surface area contributed by atoms with Gasteiger partial charge in [0.15, 0.2) is 0 Å². The second kappa shape index (κ2) is 11.9. The Bertz CT molecular complexity index is 1170. The second-order valence-corrected chi connectivity index (χ2v) is 9.65. The number of morpholine rings is 1. The number of rotatable bonds is 9. The number of nitrogens with one attached hydrogen (secondary N) is 1. The van der Waals surface area contributed by atoms with E-state index in [2.05, 4.69) is 10.2 Å². The van der Waals surface area contributed by atoms with Gasteiger partial charge in [0.1, 0.15) is 11.3 Å². The molecular weight excluding hydrogens is 466 g/mol. The van der Waals surface area contributed by atoms with Gasteiger partial charge in [0.05, 0.1) is 26.7 Å². The predicted octanol–water partition coefficient (Wildman–Crippen LogP) is 4.52. The fraction of sp³-hybridized carbons (Fsp3) is 0.333. The van der Waals surface area contributed by atoms with Gasteiger partial charge in [-0.15, -0.1) is 0 Å². The predicted molar refractivity (Wildman–Crippen MR) is 146 cm³/mol. The summed E-state index contributed by atoms with van der Waals surface area (Å²) in [6, 6.07) is 25.0. The number of nitrogens with zero attached hydrogens (tertiary/aromatic N) is 2. The van der Waals surface area contributed by atoms with E-state index < -0.39 is 5.54 Å². The van der Waals surface area contributed by atoms with E-state index >= 15 is 0 Å². The summed E-state index contributed by atoms with van der Waals surface area (Å²) in [5.74, 6) is 0.370. The number of anilines is 2. The monoisotopic (exact) mass is 501 g/mol. The van der Waals surface area contributed by atoms with Crippen LogP contribution in [0.1, 0.15) is 25.0 Å². The molecule has 1 N–H and O–H groups in total. The quantitative estimate of drug-likeness (QED) is 0.467. The van der Waals surface area contributed by atoms with Crippen LogP contribution in [0, 0.1) is 0 Å². The molecule has 0 radical (unpaired) electrons. The molecule has 0 saturated carbocycles. The molecule has 0 aliphatic carbocycles. The fourth-order valence-corrected chi connectivity index (χ4v) is 4.36. The Morgan fingerprint density at radius 3 is 2.19 bits per heavy atom. The molecule has 0 bridgehead atoms. The summed E-state index contributed by atoms with van der Waals surface area (Å²) in [5.41, 5.74) is 2.50. The molecule has 0 aromatic heterocycles. The zero-order valence-corrected chi connectivity index (χ0v) is 21.8. The van der Waals surface area contributed by atoms with Crippen LogP contribution in [0.3, 0.4) is 0 Å². The molecule has 1 aliphatic rings. The molecule has 2 amide bonds. The van der Waals surface area contributed by atoms with Gasteiger partial charge in [-0.25, -0.2) is 0 Å². The molecule has 7 nitrogen and oxygen atoms in total. The number of hydrogen-bond donors (Lipinski definition) is 1. The molecule has 1 fully saturated rings. The molecule has 0 unspecified atom stereocenters. The van der Waals surface area contributed by atoms with Crippen LogP contribution in [0.25, 0.3) is 0 Å². The highest BCUT2D eigenvalue weighted by atomic mass is 16.5. The smallest absolute Gasteiger partial charge is 0.249 e. The zero-order valence-electron chi connectivity index (χ0n) is 21.8. The number of ether oxygens (including phenoxy) is 2. The summed E-state index contributed by atoms with van der Waals surface area (Å²) in [7, 11) is 1.62. The number of carbonyl (C=O) groups excluding carboxylic acids is 2. The minimum absolute atomic E-state index is 0.121. The van der Waals surface area contributed by atoms with Gasteiger partial charge in [-0.05, 0) is 61.4 Å². The van der Waals surface area contributed by atoms with E-state index in [0.29, 0.717) is 25.4 Å². The maximum Gasteiger partial charge on any atom is 0.249 e. The van der Waals surface area contributed by atoms with E-state index in [0.717, 1.165) is 35.7 Å². The number of carbonyl (C=O) groups is 2. The number of methoxy groups -OCH3 is 1. The lowest BCUT2D eigenvalue weighted by molar-refractivity contribution is -0.144. The van der Waals surface area contributed by atoms with Crippen LogP contribution in [0.5, 0.6) is 5.75 Å². The Hall–Kier alpha value is -3.84. The maximum atomic E-state index is 13.6. The van der Waals surface area contributed by atoms with Gasteiger partial charge in [0.2, 0.25) is 11.8 Å². The van der Waals surface area contributed by atoms with E-state index in [-0.39, 0.29) is 18.2 Å². The minimum atomic E-state index is -1.10. The van der Waals surface area contributed by atoms with Crippen molar-refractivity contribution in [1.82, 2.24) is 4.90 Å². The van der Waals surface area contributed by atoms with Crippen molar-refractivity contribution in [3.05, 3.63) is 90.0 Å². The molecule has 7 heteroatoms. The first-order valence-electron chi connectivity index (χ1n) is 12.6. The highest BCUT2D eigenvalue weighted by Gasteiger charge is 2.38. The standard InChI is InChI=1S/C30H35N3O4/c1-30(2,29(35)31-25-11-13-26(14-12-25)32-17-19-37-20-18-32)33(22-24-9-15-27(36-3)16-10-24)28(34)21-23-7-5-4-6-8-23/h4-16H,17-22H2,1-3H3,(H,31,35). The third kappa shape index (κ3) is 6.68. The molecule has 1 saturated heterocycles. The van der Waals surface area contributed by atoms with Crippen molar-refractivity contribution in [1.29, 1.82) is 0 Å². The third-order valence-electron chi connectivity index (χ3n) is 6.73. The van der Waals surface area contributed by atoms with Crippen LogP contribution >= 0.6 is 0 Å². The highest BCUT2D eigenvalue weighted by molar-refractivity contribution is 6.00. The SMILES string of the molecule is COc1ccc(CN(C(=O)Cc2ccccc2)C(C)(C)C(=O)Nc2ccc(N3CCOCC3)cc2)cc1. The summed E-state index contributed by atoms with van der Waals surface area (Å²) in [5, 5.41) is 3.02. The summed E-state index contributed by atoms with van der Waals surface area (Å²) in [4.78, 5) is 31.0. The summed E-state index contributed by atoms with van der Waals surface area (Å²) < 4.78 is 10.7. The Labute approximate surface area is 219 Å². The first kappa shape index (κ1) is 26.2. The lowest BCUT2D eigenvalue weighted by atomic mass is 9.98. The van der Waals surface area contributed by atoms with E-state index in [1.165, 1.54) is 0 Å². The van der Waals surface area contributed by atoms with Gasteiger partial charge in [-0.3, -0.25) is 9.59 Å². The van der Waals surface area contributed by atoms with Crippen LogP contribution in [0.15, 0.2) is 78.9 Å². The van der Waals surface area contributed by atoms with Crippen LogP contribution < -0.4 is 15.0 Å². The number of hydrogen-bond acceptors (Lipinski definition) is 5. The molecule has 0 spiro atoms. The van der Waals surface area contributed by atoms with Crippen molar-refractivity contribution < 1.29 is 19.1 Å². The topological polar surface area (TPSA) is 71.1 Å². The van der Waals surface area contributed by atoms with E-state index in [1.807, 2.05) is 78.9 Å². The molecule has 37 heavy (non-hydrogen) atoms. The van der Waals surface area contributed by atoms with Crippen molar-refractivity contribution in [2.24, 2.45) is 0 Å². The highest BCUT2D eigenvalue weighted by Crippen LogP contribution is 2.25. The molecule has 3 aromatic carbocycles. The third-order valence-corrected chi connectivity index (χ3v) is 6.73. The van der Waals surface area contributed by atoms with Crippen molar-refractivity contribution >= 4 is 23.2 Å². The zero-order chi connectivity index (χ0) is 26.3. The van der Waals surface area contributed by atoms with E-state index in [1.54, 1.807) is 25.9 Å². The van der Waals surface area contributed by atoms with Crippen LogP contribution in [0.2, 0.25) is 0 Å². The maximum absolute atomic E-state index is 13.6. The Morgan fingerprint density at radius 2 is 1.57 bits per heavy atom. The van der Waals surface area contributed by atoms with Gasteiger partial charge in [0, 0.05) is 31.0 Å². The average Bonchev–Trinajstić information content (AvgIpc) is 2.93. The van der Waals surface area contributed by atoms with Gasteiger partial charge in [0.25, 0.3) is 0 Å². The van der Waals surface area contributed by atoms with Gasteiger partial charge >= 0.3 is 0 Å². The van der Waals surface area contributed by atoms with Crippen molar-refractivity contribution in [3.63, 3.8) is 0 Å². The summed E-state index contributed by atoms with van der Waals surface area (Å²) >= 11 is 0. The summed E-state index contributed by atoms with van der Waals surface area (Å²) in [6.07, 6.45) is 0.210. The van der Waals surface area contributed by atoms with Crippen molar-refractivity contribution in [3.8, 4) is 5.75 Å². The molecule has 1 aliphatic heterocycles. The van der Waals surface area contributed by atoms with Crippen LogP contribution in [-0.4, -0.2) is 55.7 Å². The summed E-state index contributed by atoms with van der Waals surface area (Å²) in [6.45, 7) is 7.01. The minimum Gasteiger partial charge on any atom is -0.497 e. The lowest BCUT2D eigenvalue weighted by Crippen LogP contribution is -2.55. The van der Waals surface area contributed by atoms with Crippen molar-refractivity contribution in [2.75, 3.05) is 43.6 Å². The van der Waals surface area contributed by atoms with Gasteiger partial charge in [-0.1, -0.05) is 42.5 Å². The Morgan fingerprint density at radius 1 is 0.919 bits per heavy atom. The number of benzene rings is 3. The van der Waals surface area contributed by atoms with Crippen LogP contribution in [0.4, 0.5) is 11.4 Å². The number of amides is 2. The second-order valence-electron chi connectivity index (χ2n) is 9.65. The van der Waals surface area contributed by atoms with E-state index in [9.17, 15) is 9.59 Å². The first-order chi connectivity index (χ1) is 17.9. The largest absolute Gasteiger partial charge is 0.497 e. The Kier molecular flexibility index (Phi) is 8.46. The fourth-order valence-electron chi connectivity index (χ4n) is 4.36. The van der Waals surface area contributed by atoms with Gasteiger partial charge in [-0.2, -0.15) is 0 Å². The van der Waals surface area contributed by atoms with Crippen LogP contribution in [-0.2, 0) is 27.3 Å². The molecule has 0 atom stereocenters. The van der Waals surface area contributed by atoms with Gasteiger partial charge < -0.3 is 24.6 Å². The molecule has 194 valence electrons. The first-order valence-corrected chi connectivity index (χ1v) is 12.6. The molecular formula is C30H35N3O4. The molecule has 3 aromatic rings. The molecule has 1 heterocycles.